The molecular formula is C18H23N5O3. The molecule has 0 aliphatic carbocycles. The molecule has 1 N–H and O–H groups in total. The lowest BCUT2D eigenvalue weighted by Crippen LogP contribution is -2.57. The van der Waals surface area contributed by atoms with Crippen molar-refractivity contribution >= 4 is 22.8 Å². The smallest absolute Gasteiger partial charge is 0.253 e. The van der Waals surface area contributed by atoms with Gasteiger partial charge in [-0.05, 0) is 54.3 Å². The van der Waals surface area contributed by atoms with Crippen molar-refractivity contribution in [1.82, 2.24) is 25.4 Å². The number of aromatic nitrogens is 2. The van der Waals surface area contributed by atoms with Crippen LogP contribution in [0.3, 0.4) is 0 Å². The van der Waals surface area contributed by atoms with Crippen LogP contribution in [0.5, 0.6) is 0 Å². The fourth-order valence-electron chi connectivity index (χ4n) is 4.16. The number of likely N-dealkylation sites (N-methyl/N-ethyl adjacent to an activating group) is 1. The number of benzene rings is 1. The Morgan fingerprint density at radius 2 is 2.15 bits per heavy atom. The van der Waals surface area contributed by atoms with Crippen molar-refractivity contribution in [3.8, 4) is 0 Å². The molecule has 0 radical (unpaired) electrons. The zero-order chi connectivity index (χ0) is 18.1. The van der Waals surface area contributed by atoms with Gasteiger partial charge in [0.05, 0.1) is 0 Å². The van der Waals surface area contributed by atoms with Crippen LogP contribution in [-0.2, 0) is 4.79 Å². The second kappa shape index (κ2) is 7.03. The summed E-state index contributed by atoms with van der Waals surface area (Å²) in [6, 6.07) is 5.50. The lowest BCUT2D eigenvalue weighted by Gasteiger charge is -2.47. The van der Waals surface area contributed by atoms with Gasteiger partial charge in [0.25, 0.3) is 5.91 Å². The lowest BCUT2D eigenvalue weighted by atomic mass is 9.83. The number of likely N-dealkylation sites (tertiary alicyclic amines) is 2. The Bertz CT molecular complexity index is 820. The van der Waals surface area contributed by atoms with E-state index in [-0.39, 0.29) is 17.9 Å². The van der Waals surface area contributed by atoms with Crippen LogP contribution in [0, 0.1) is 5.92 Å². The summed E-state index contributed by atoms with van der Waals surface area (Å²) in [5.41, 5.74) is 1.84. The average Bonchev–Trinajstić information content (AvgIpc) is 3.14. The number of hydrogen-bond donors (Lipinski definition) is 1. The standard InChI is InChI=1S/C18H23N5O3/c1-19-7-9-23-16-6-8-22(11-13(16)3-5-17(23)24)18(25)12-2-4-14-15(10-12)21-26-20-14/h2,4,10,13,16,19H,3,5-9,11H2,1H3/t13-,16+/m0/s1. The summed E-state index contributed by atoms with van der Waals surface area (Å²) < 4.78 is 4.70. The van der Waals surface area contributed by atoms with Crippen LogP contribution < -0.4 is 5.32 Å². The van der Waals surface area contributed by atoms with Crippen LogP contribution in [-0.4, -0.2) is 71.2 Å². The van der Waals surface area contributed by atoms with Gasteiger partial charge < -0.3 is 15.1 Å². The van der Waals surface area contributed by atoms with Crippen molar-refractivity contribution in [2.45, 2.75) is 25.3 Å². The molecule has 2 aromatic rings. The fourth-order valence-corrected chi connectivity index (χ4v) is 4.16. The fraction of sp³-hybridized carbons (Fsp3) is 0.556. The van der Waals surface area contributed by atoms with Gasteiger partial charge in [0.2, 0.25) is 5.91 Å². The maximum atomic E-state index is 12.9. The van der Waals surface area contributed by atoms with Gasteiger partial charge in [-0.1, -0.05) is 0 Å². The van der Waals surface area contributed by atoms with Gasteiger partial charge in [-0.3, -0.25) is 9.59 Å². The summed E-state index contributed by atoms with van der Waals surface area (Å²) in [6.45, 7) is 2.89. The largest absolute Gasteiger partial charge is 0.338 e. The molecule has 0 bridgehead atoms. The second-order valence-corrected chi connectivity index (χ2v) is 7.06. The Hall–Kier alpha value is -2.48. The minimum Gasteiger partial charge on any atom is -0.338 e. The van der Waals surface area contributed by atoms with E-state index in [9.17, 15) is 9.59 Å². The highest BCUT2D eigenvalue weighted by Gasteiger charge is 2.40. The van der Waals surface area contributed by atoms with Gasteiger partial charge in [-0.25, -0.2) is 4.63 Å². The summed E-state index contributed by atoms with van der Waals surface area (Å²) >= 11 is 0. The number of piperidine rings is 2. The summed E-state index contributed by atoms with van der Waals surface area (Å²) in [5.74, 6) is 0.594. The van der Waals surface area contributed by atoms with Crippen molar-refractivity contribution in [3.63, 3.8) is 0 Å². The molecule has 26 heavy (non-hydrogen) atoms. The average molecular weight is 357 g/mol. The van der Waals surface area contributed by atoms with Gasteiger partial charge in [-0.2, -0.15) is 0 Å². The third-order valence-corrected chi connectivity index (χ3v) is 5.53. The van der Waals surface area contributed by atoms with E-state index in [0.29, 0.717) is 42.0 Å². The Labute approximate surface area is 151 Å². The molecule has 8 heteroatoms. The zero-order valence-electron chi connectivity index (χ0n) is 14.9. The first-order valence-electron chi connectivity index (χ1n) is 9.13. The molecule has 0 saturated carbocycles. The van der Waals surface area contributed by atoms with Crippen LogP contribution in [0.2, 0.25) is 0 Å². The van der Waals surface area contributed by atoms with Crippen LogP contribution in [0.4, 0.5) is 0 Å². The van der Waals surface area contributed by atoms with E-state index in [0.717, 1.165) is 25.9 Å². The third kappa shape index (κ3) is 3.05. The number of amides is 2. The zero-order valence-corrected chi connectivity index (χ0v) is 14.9. The normalized spacial score (nSPS) is 23.3. The van der Waals surface area contributed by atoms with Gasteiger partial charge in [-0.15, -0.1) is 0 Å². The number of nitrogens with one attached hydrogen (secondary N) is 1. The monoisotopic (exact) mass is 357 g/mol. The van der Waals surface area contributed by atoms with E-state index in [4.69, 9.17) is 4.63 Å². The molecule has 2 atom stereocenters. The summed E-state index contributed by atoms with van der Waals surface area (Å²) in [4.78, 5) is 29.1. The van der Waals surface area contributed by atoms with E-state index in [2.05, 4.69) is 15.6 Å². The third-order valence-electron chi connectivity index (χ3n) is 5.53. The Morgan fingerprint density at radius 3 is 3.00 bits per heavy atom. The Kier molecular flexibility index (Phi) is 4.58. The number of rotatable bonds is 4. The molecule has 2 saturated heterocycles. The van der Waals surface area contributed by atoms with Crippen LogP contribution in [0.15, 0.2) is 22.8 Å². The first kappa shape index (κ1) is 17.0. The number of carbonyl (C=O) groups excluding carboxylic acids is 2. The molecule has 2 aliphatic rings. The van der Waals surface area contributed by atoms with Gasteiger partial charge in [0.15, 0.2) is 0 Å². The number of fused-ring (bicyclic) bond motifs is 2. The van der Waals surface area contributed by atoms with Crippen molar-refractivity contribution < 1.29 is 14.2 Å². The first-order chi connectivity index (χ1) is 12.7. The molecule has 2 fully saturated rings. The molecule has 1 aromatic heterocycles. The predicted octanol–water partition coefficient (Wildman–Crippen LogP) is 0.895. The summed E-state index contributed by atoms with van der Waals surface area (Å²) in [6.07, 6.45) is 2.26. The summed E-state index contributed by atoms with van der Waals surface area (Å²) in [5, 5.41) is 10.7. The maximum absolute atomic E-state index is 12.9. The molecule has 0 unspecified atom stereocenters. The molecule has 8 nitrogen and oxygen atoms in total. The highest BCUT2D eigenvalue weighted by molar-refractivity contribution is 5.97. The molecule has 2 amide bonds. The van der Waals surface area contributed by atoms with Crippen molar-refractivity contribution in [3.05, 3.63) is 23.8 Å². The number of nitrogens with zero attached hydrogens (tertiary/aromatic N) is 4. The summed E-state index contributed by atoms with van der Waals surface area (Å²) in [7, 11) is 1.90. The van der Waals surface area contributed by atoms with E-state index in [1.165, 1.54) is 0 Å². The van der Waals surface area contributed by atoms with E-state index in [1.807, 2.05) is 16.8 Å². The van der Waals surface area contributed by atoms with Gasteiger partial charge in [0, 0.05) is 44.2 Å². The van der Waals surface area contributed by atoms with Crippen molar-refractivity contribution in [2.24, 2.45) is 5.92 Å². The molecule has 4 rings (SSSR count). The van der Waals surface area contributed by atoms with Crippen LogP contribution in [0.1, 0.15) is 29.6 Å². The minimum absolute atomic E-state index is 0.00650. The predicted molar refractivity (Wildman–Crippen MR) is 94.5 cm³/mol. The molecule has 1 aromatic carbocycles. The van der Waals surface area contributed by atoms with E-state index < -0.39 is 0 Å². The number of hydrogen-bond acceptors (Lipinski definition) is 6. The van der Waals surface area contributed by atoms with Gasteiger partial charge >= 0.3 is 0 Å². The lowest BCUT2D eigenvalue weighted by molar-refractivity contribution is -0.140. The quantitative estimate of drug-likeness (QED) is 0.874. The molecular weight excluding hydrogens is 334 g/mol. The second-order valence-electron chi connectivity index (χ2n) is 7.06. The Balaban J connectivity index is 1.47. The maximum Gasteiger partial charge on any atom is 0.253 e. The van der Waals surface area contributed by atoms with Crippen LogP contribution >= 0.6 is 0 Å². The highest BCUT2D eigenvalue weighted by Crippen LogP contribution is 2.31. The van der Waals surface area contributed by atoms with Crippen LogP contribution in [0.25, 0.3) is 11.0 Å². The molecule has 138 valence electrons. The highest BCUT2D eigenvalue weighted by atomic mass is 16.6. The Morgan fingerprint density at radius 1 is 1.31 bits per heavy atom. The van der Waals surface area contributed by atoms with Crippen molar-refractivity contribution in [1.29, 1.82) is 0 Å². The first-order valence-corrected chi connectivity index (χ1v) is 9.13. The van der Waals surface area contributed by atoms with Crippen molar-refractivity contribution in [2.75, 3.05) is 33.2 Å². The minimum atomic E-state index is 0.00650. The van der Waals surface area contributed by atoms with Gasteiger partial charge in [0.1, 0.15) is 11.0 Å². The molecule has 2 aliphatic heterocycles. The molecule has 0 spiro atoms. The number of carbonyl (C=O) groups is 2. The SMILES string of the molecule is CNCCN1C(=O)CC[C@H]2CN(C(=O)c3ccc4nonc4c3)CC[C@H]21. The van der Waals surface area contributed by atoms with E-state index >= 15 is 0 Å². The topological polar surface area (TPSA) is 91.6 Å². The molecule has 3 heterocycles. The van der Waals surface area contributed by atoms with E-state index in [1.54, 1.807) is 18.2 Å².